The molecule has 0 aliphatic carbocycles. The van der Waals surface area contributed by atoms with Crippen molar-refractivity contribution in [2.75, 3.05) is 26.4 Å². The van der Waals surface area contributed by atoms with Crippen LogP contribution in [0.2, 0.25) is 0 Å². The molecule has 2 saturated heterocycles. The van der Waals surface area contributed by atoms with E-state index in [0.29, 0.717) is 0 Å². The van der Waals surface area contributed by atoms with Gasteiger partial charge in [-0.1, -0.05) is 19.8 Å². The van der Waals surface area contributed by atoms with E-state index in [1.807, 2.05) is 0 Å². The molecule has 0 radical (unpaired) electrons. The minimum absolute atomic E-state index is 0.0501. The van der Waals surface area contributed by atoms with Gasteiger partial charge in [0, 0.05) is 19.3 Å². The standard InChI is InChI=1S/C13H24O4/c1-2-3-4-6-13(16-10-11-17-13)7-5-12-14-8-9-15-12/h12H,2-11H2,1H3. The maximum Gasteiger partial charge on any atom is 0.168 e. The fourth-order valence-electron chi connectivity index (χ4n) is 2.47. The highest BCUT2D eigenvalue weighted by molar-refractivity contribution is 4.75. The lowest BCUT2D eigenvalue weighted by molar-refractivity contribution is -0.179. The summed E-state index contributed by atoms with van der Waals surface area (Å²) in [6.45, 7) is 5.09. The first kappa shape index (κ1) is 13.3. The molecule has 0 atom stereocenters. The molecule has 0 amide bonds. The van der Waals surface area contributed by atoms with Crippen LogP contribution in [0.25, 0.3) is 0 Å². The fraction of sp³-hybridized carbons (Fsp3) is 1.00. The van der Waals surface area contributed by atoms with Gasteiger partial charge in [0.15, 0.2) is 12.1 Å². The Kier molecular flexibility index (Phi) is 5.22. The number of unbranched alkanes of at least 4 members (excludes halogenated alkanes) is 2. The Morgan fingerprint density at radius 1 is 0.941 bits per heavy atom. The molecule has 0 unspecified atom stereocenters. The smallest absolute Gasteiger partial charge is 0.168 e. The normalized spacial score (nSPS) is 24.5. The van der Waals surface area contributed by atoms with Crippen LogP contribution in [-0.2, 0) is 18.9 Å². The summed E-state index contributed by atoms with van der Waals surface area (Å²) in [5.41, 5.74) is 0. The zero-order chi connectivity index (χ0) is 12.0. The monoisotopic (exact) mass is 244 g/mol. The third-order valence-corrected chi connectivity index (χ3v) is 3.43. The fourth-order valence-corrected chi connectivity index (χ4v) is 2.47. The average molecular weight is 244 g/mol. The Balaban J connectivity index is 1.74. The van der Waals surface area contributed by atoms with E-state index in [1.54, 1.807) is 0 Å². The molecule has 0 aromatic rings. The Hall–Kier alpha value is -0.160. The lowest BCUT2D eigenvalue weighted by atomic mass is 10.0. The first-order chi connectivity index (χ1) is 8.35. The summed E-state index contributed by atoms with van der Waals surface area (Å²) in [5.74, 6) is -0.357. The molecule has 0 N–H and O–H groups in total. The largest absolute Gasteiger partial charge is 0.350 e. The van der Waals surface area contributed by atoms with E-state index < -0.39 is 0 Å². The van der Waals surface area contributed by atoms with Crippen molar-refractivity contribution in [2.24, 2.45) is 0 Å². The van der Waals surface area contributed by atoms with Gasteiger partial charge in [-0.15, -0.1) is 0 Å². The Bertz CT molecular complexity index is 207. The summed E-state index contributed by atoms with van der Waals surface area (Å²) in [7, 11) is 0. The first-order valence-corrected chi connectivity index (χ1v) is 6.86. The maximum atomic E-state index is 5.81. The molecule has 17 heavy (non-hydrogen) atoms. The van der Waals surface area contributed by atoms with E-state index in [2.05, 4.69) is 6.92 Å². The topological polar surface area (TPSA) is 36.9 Å². The minimum atomic E-state index is -0.357. The Morgan fingerprint density at radius 2 is 1.65 bits per heavy atom. The van der Waals surface area contributed by atoms with Crippen LogP contribution in [0, 0.1) is 0 Å². The van der Waals surface area contributed by atoms with Crippen LogP contribution in [0.5, 0.6) is 0 Å². The van der Waals surface area contributed by atoms with Crippen LogP contribution < -0.4 is 0 Å². The second-order valence-corrected chi connectivity index (χ2v) is 4.77. The molecule has 0 bridgehead atoms. The van der Waals surface area contributed by atoms with Gasteiger partial charge in [-0.3, -0.25) is 0 Å². The van der Waals surface area contributed by atoms with Gasteiger partial charge >= 0.3 is 0 Å². The molecule has 4 heteroatoms. The van der Waals surface area contributed by atoms with Gasteiger partial charge in [0.05, 0.1) is 26.4 Å². The van der Waals surface area contributed by atoms with Crippen LogP contribution in [-0.4, -0.2) is 38.5 Å². The van der Waals surface area contributed by atoms with Crippen LogP contribution in [0.15, 0.2) is 0 Å². The van der Waals surface area contributed by atoms with Gasteiger partial charge in [-0.2, -0.15) is 0 Å². The molecular weight excluding hydrogens is 220 g/mol. The first-order valence-electron chi connectivity index (χ1n) is 6.86. The van der Waals surface area contributed by atoms with E-state index in [0.717, 1.165) is 45.7 Å². The van der Waals surface area contributed by atoms with Gasteiger partial charge in [0.1, 0.15) is 0 Å². The van der Waals surface area contributed by atoms with E-state index in [9.17, 15) is 0 Å². The van der Waals surface area contributed by atoms with E-state index in [1.165, 1.54) is 19.3 Å². The van der Waals surface area contributed by atoms with Crippen molar-refractivity contribution in [2.45, 2.75) is 57.5 Å². The number of hydrogen-bond acceptors (Lipinski definition) is 4. The summed E-state index contributed by atoms with van der Waals surface area (Å²) in [5, 5.41) is 0. The molecule has 2 aliphatic heterocycles. The molecule has 2 heterocycles. The Labute approximate surface area is 104 Å². The highest BCUT2D eigenvalue weighted by Gasteiger charge is 2.36. The molecule has 2 aliphatic rings. The molecule has 4 nitrogen and oxygen atoms in total. The van der Waals surface area contributed by atoms with E-state index in [-0.39, 0.29) is 12.1 Å². The molecule has 100 valence electrons. The van der Waals surface area contributed by atoms with E-state index in [4.69, 9.17) is 18.9 Å². The molecule has 0 spiro atoms. The van der Waals surface area contributed by atoms with Crippen molar-refractivity contribution in [3.05, 3.63) is 0 Å². The summed E-state index contributed by atoms with van der Waals surface area (Å²) in [4.78, 5) is 0. The molecule has 0 aromatic heterocycles. The number of rotatable bonds is 7. The average Bonchev–Trinajstić information content (AvgIpc) is 2.99. The van der Waals surface area contributed by atoms with Crippen molar-refractivity contribution in [1.29, 1.82) is 0 Å². The van der Waals surface area contributed by atoms with Crippen LogP contribution in [0.1, 0.15) is 45.4 Å². The van der Waals surface area contributed by atoms with Gasteiger partial charge in [0.2, 0.25) is 0 Å². The lowest BCUT2D eigenvalue weighted by Gasteiger charge is -2.28. The SMILES string of the molecule is CCCCCC1(CCC2OCCO2)OCCO1. The summed E-state index contributed by atoms with van der Waals surface area (Å²) < 4.78 is 22.5. The predicted molar refractivity (Wildman–Crippen MR) is 63.7 cm³/mol. The third-order valence-electron chi connectivity index (χ3n) is 3.43. The van der Waals surface area contributed by atoms with Crippen molar-refractivity contribution in [1.82, 2.24) is 0 Å². The van der Waals surface area contributed by atoms with E-state index >= 15 is 0 Å². The van der Waals surface area contributed by atoms with Crippen LogP contribution in [0.4, 0.5) is 0 Å². The highest BCUT2D eigenvalue weighted by atomic mass is 16.7. The van der Waals surface area contributed by atoms with Crippen molar-refractivity contribution in [3.63, 3.8) is 0 Å². The molecule has 0 aromatic carbocycles. The molecular formula is C13H24O4. The summed E-state index contributed by atoms with van der Waals surface area (Å²) >= 11 is 0. The molecule has 0 saturated carbocycles. The van der Waals surface area contributed by atoms with Crippen LogP contribution >= 0.6 is 0 Å². The zero-order valence-electron chi connectivity index (χ0n) is 10.8. The maximum absolute atomic E-state index is 5.81. The van der Waals surface area contributed by atoms with Gasteiger partial charge in [-0.05, 0) is 6.42 Å². The summed E-state index contributed by atoms with van der Waals surface area (Å²) in [6.07, 6.45) is 6.32. The molecule has 2 fully saturated rings. The van der Waals surface area contributed by atoms with Crippen molar-refractivity contribution in [3.8, 4) is 0 Å². The van der Waals surface area contributed by atoms with Crippen LogP contribution in [0.3, 0.4) is 0 Å². The highest BCUT2D eigenvalue weighted by Crippen LogP contribution is 2.32. The van der Waals surface area contributed by atoms with Gasteiger partial charge < -0.3 is 18.9 Å². The van der Waals surface area contributed by atoms with Crippen molar-refractivity contribution >= 4 is 0 Å². The second-order valence-electron chi connectivity index (χ2n) is 4.77. The quantitative estimate of drug-likeness (QED) is 0.645. The number of ether oxygens (including phenoxy) is 4. The summed E-state index contributed by atoms with van der Waals surface area (Å²) in [6, 6.07) is 0. The third kappa shape index (κ3) is 3.91. The number of hydrogen-bond donors (Lipinski definition) is 0. The van der Waals surface area contributed by atoms with Gasteiger partial charge in [-0.25, -0.2) is 0 Å². The van der Waals surface area contributed by atoms with Crippen molar-refractivity contribution < 1.29 is 18.9 Å². The molecule has 2 rings (SSSR count). The Morgan fingerprint density at radius 3 is 2.29 bits per heavy atom. The second kappa shape index (κ2) is 6.69. The predicted octanol–water partition coefficient (Wildman–Crippen LogP) is 2.46. The van der Waals surface area contributed by atoms with Gasteiger partial charge in [0.25, 0.3) is 0 Å². The zero-order valence-corrected chi connectivity index (χ0v) is 10.8. The minimum Gasteiger partial charge on any atom is -0.350 e. The lowest BCUT2D eigenvalue weighted by Crippen LogP contribution is -2.31.